The van der Waals surface area contributed by atoms with Gasteiger partial charge in [-0.1, -0.05) is 29.8 Å². The first-order chi connectivity index (χ1) is 14.5. The number of carbonyl (C=O) groups is 1. The first kappa shape index (κ1) is 20.9. The zero-order valence-corrected chi connectivity index (χ0v) is 19.2. The molecule has 154 valence electrons. The van der Waals surface area contributed by atoms with E-state index in [1.54, 1.807) is 20.3 Å². The second kappa shape index (κ2) is 8.78. The minimum Gasteiger partial charge on any atom is -0.493 e. The summed E-state index contributed by atoms with van der Waals surface area (Å²) in [5, 5.41) is 0.755. The molecule has 0 aliphatic heterocycles. The van der Waals surface area contributed by atoms with Gasteiger partial charge in [-0.05, 0) is 58.1 Å². The maximum absolute atomic E-state index is 13.0. The van der Waals surface area contributed by atoms with Gasteiger partial charge in [0.15, 0.2) is 36.2 Å². The van der Waals surface area contributed by atoms with E-state index in [4.69, 9.17) is 21.1 Å². The molecule has 1 heterocycles. The summed E-state index contributed by atoms with van der Waals surface area (Å²) < 4.78 is 13.8. The SMILES string of the molecule is COc1cc2c(cc1OC)C(=O)C(Cc1cc[n+](Cc3ccccc3Cl)cc1Br)C2. The van der Waals surface area contributed by atoms with Gasteiger partial charge in [0.05, 0.1) is 23.7 Å². The van der Waals surface area contributed by atoms with Gasteiger partial charge < -0.3 is 9.47 Å². The lowest BCUT2D eigenvalue weighted by Crippen LogP contribution is -2.34. The lowest BCUT2D eigenvalue weighted by Gasteiger charge is -2.09. The molecule has 0 fully saturated rings. The van der Waals surface area contributed by atoms with Crippen molar-refractivity contribution < 1.29 is 18.8 Å². The van der Waals surface area contributed by atoms with Crippen molar-refractivity contribution in [2.75, 3.05) is 14.2 Å². The molecular weight excluding hydrogens is 466 g/mol. The molecule has 0 amide bonds. The summed E-state index contributed by atoms with van der Waals surface area (Å²) in [5.41, 5.74) is 3.92. The number of hydrogen-bond acceptors (Lipinski definition) is 3. The van der Waals surface area contributed by atoms with E-state index in [0.29, 0.717) is 30.9 Å². The molecule has 0 saturated carbocycles. The molecule has 0 radical (unpaired) electrons. The number of fused-ring (bicyclic) bond motifs is 1. The van der Waals surface area contributed by atoms with Crippen LogP contribution in [0.15, 0.2) is 59.3 Å². The van der Waals surface area contributed by atoms with Crippen LogP contribution in [0.4, 0.5) is 0 Å². The van der Waals surface area contributed by atoms with Crippen LogP contribution in [0.5, 0.6) is 11.5 Å². The molecule has 0 bridgehead atoms. The Hall–Kier alpha value is -2.37. The fourth-order valence-electron chi connectivity index (χ4n) is 3.95. The quantitative estimate of drug-likeness (QED) is 0.457. The summed E-state index contributed by atoms with van der Waals surface area (Å²) in [5.74, 6) is 1.32. The number of hydrogen-bond donors (Lipinski definition) is 0. The Morgan fingerprint density at radius 2 is 1.83 bits per heavy atom. The van der Waals surface area contributed by atoms with E-state index in [-0.39, 0.29) is 11.7 Å². The highest BCUT2D eigenvalue weighted by molar-refractivity contribution is 9.10. The van der Waals surface area contributed by atoms with Crippen molar-refractivity contribution in [3.8, 4) is 11.5 Å². The molecule has 1 aliphatic carbocycles. The maximum atomic E-state index is 13.0. The largest absolute Gasteiger partial charge is 0.493 e. The summed E-state index contributed by atoms with van der Waals surface area (Å²) in [4.78, 5) is 13.0. The molecular formula is C24H22BrClNO3+. The van der Waals surface area contributed by atoms with Crippen LogP contribution >= 0.6 is 27.5 Å². The zero-order valence-electron chi connectivity index (χ0n) is 16.8. The number of methoxy groups -OCH3 is 2. The third-order valence-electron chi connectivity index (χ3n) is 5.54. The number of ether oxygens (including phenoxy) is 2. The predicted molar refractivity (Wildman–Crippen MR) is 120 cm³/mol. The van der Waals surface area contributed by atoms with Gasteiger partial charge in [-0.2, -0.15) is 4.57 Å². The maximum Gasteiger partial charge on any atom is 0.183 e. The predicted octanol–water partition coefficient (Wildman–Crippen LogP) is 5.05. The summed E-state index contributed by atoms with van der Waals surface area (Å²) in [6, 6.07) is 13.6. The van der Waals surface area contributed by atoms with Gasteiger partial charge >= 0.3 is 0 Å². The Morgan fingerprint density at radius 1 is 1.10 bits per heavy atom. The lowest BCUT2D eigenvalue weighted by molar-refractivity contribution is -0.689. The van der Waals surface area contributed by atoms with Crippen LogP contribution < -0.4 is 14.0 Å². The molecule has 1 atom stereocenters. The van der Waals surface area contributed by atoms with Gasteiger partial charge in [-0.15, -0.1) is 0 Å². The van der Waals surface area contributed by atoms with Gasteiger partial charge in [-0.25, -0.2) is 0 Å². The molecule has 1 unspecified atom stereocenters. The molecule has 0 saturated heterocycles. The van der Waals surface area contributed by atoms with Gasteiger partial charge in [0.2, 0.25) is 0 Å². The molecule has 6 heteroatoms. The highest BCUT2D eigenvalue weighted by atomic mass is 79.9. The van der Waals surface area contributed by atoms with E-state index in [1.165, 1.54) is 0 Å². The van der Waals surface area contributed by atoms with Crippen LogP contribution in [0.25, 0.3) is 0 Å². The minimum absolute atomic E-state index is 0.0902. The second-order valence-electron chi connectivity index (χ2n) is 7.42. The van der Waals surface area contributed by atoms with Crippen molar-refractivity contribution in [3.63, 3.8) is 0 Å². The number of pyridine rings is 1. The first-order valence-electron chi connectivity index (χ1n) is 9.70. The molecule has 30 heavy (non-hydrogen) atoms. The zero-order chi connectivity index (χ0) is 21.3. The molecule has 0 N–H and O–H groups in total. The number of rotatable bonds is 6. The average molecular weight is 488 g/mol. The Kier molecular flexibility index (Phi) is 6.11. The second-order valence-corrected chi connectivity index (χ2v) is 8.68. The summed E-state index contributed by atoms with van der Waals surface area (Å²) >= 11 is 9.96. The number of nitrogens with zero attached hydrogens (tertiary/aromatic N) is 1. The van der Waals surface area contributed by atoms with Crippen LogP contribution in [-0.4, -0.2) is 20.0 Å². The highest BCUT2D eigenvalue weighted by Gasteiger charge is 2.32. The Balaban J connectivity index is 1.52. The van der Waals surface area contributed by atoms with Crippen LogP contribution in [0.2, 0.25) is 5.02 Å². The number of Topliss-reactive ketones (excluding diaryl/α,β-unsaturated/α-hetero) is 1. The van der Waals surface area contributed by atoms with E-state index in [2.05, 4.69) is 26.6 Å². The highest BCUT2D eigenvalue weighted by Crippen LogP contribution is 2.38. The van der Waals surface area contributed by atoms with Gasteiger partial charge in [0.25, 0.3) is 0 Å². The summed E-state index contributed by atoms with van der Waals surface area (Å²) in [6.45, 7) is 0.686. The fraction of sp³-hybridized carbons (Fsp3) is 0.250. The van der Waals surface area contributed by atoms with Gasteiger partial charge in [0, 0.05) is 23.1 Å². The molecule has 3 aromatic rings. The van der Waals surface area contributed by atoms with E-state index in [0.717, 1.165) is 31.7 Å². The van der Waals surface area contributed by atoms with Crippen molar-refractivity contribution in [3.05, 3.63) is 86.6 Å². The van der Waals surface area contributed by atoms with E-state index < -0.39 is 0 Å². The van der Waals surface area contributed by atoms with Crippen molar-refractivity contribution >= 4 is 33.3 Å². The molecule has 2 aromatic carbocycles. The molecule has 4 rings (SSSR count). The van der Waals surface area contributed by atoms with Crippen LogP contribution in [0.1, 0.15) is 27.0 Å². The summed E-state index contributed by atoms with van der Waals surface area (Å²) in [6.07, 6.45) is 5.44. The molecule has 1 aromatic heterocycles. The third kappa shape index (κ3) is 4.09. The van der Waals surface area contributed by atoms with Crippen LogP contribution in [0, 0.1) is 5.92 Å². The fourth-order valence-corrected chi connectivity index (χ4v) is 4.70. The average Bonchev–Trinajstić information content (AvgIpc) is 3.05. The van der Waals surface area contributed by atoms with Crippen LogP contribution in [-0.2, 0) is 19.4 Å². The Morgan fingerprint density at radius 3 is 2.53 bits per heavy atom. The Labute approximate surface area is 189 Å². The number of halogens is 2. The van der Waals surface area contributed by atoms with Crippen molar-refractivity contribution in [1.82, 2.24) is 0 Å². The van der Waals surface area contributed by atoms with E-state index >= 15 is 0 Å². The van der Waals surface area contributed by atoms with Crippen molar-refractivity contribution in [2.24, 2.45) is 5.92 Å². The molecule has 0 spiro atoms. The number of carbonyl (C=O) groups excluding carboxylic acids is 1. The first-order valence-corrected chi connectivity index (χ1v) is 10.9. The van der Waals surface area contributed by atoms with Gasteiger partial charge in [0.1, 0.15) is 0 Å². The van der Waals surface area contributed by atoms with Crippen molar-refractivity contribution in [2.45, 2.75) is 19.4 Å². The monoisotopic (exact) mass is 486 g/mol. The summed E-state index contributed by atoms with van der Waals surface area (Å²) in [7, 11) is 3.19. The van der Waals surface area contributed by atoms with Gasteiger partial charge in [-0.3, -0.25) is 4.79 Å². The normalized spacial score (nSPS) is 15.2. The topological polar surface area (TPSA) is 39.4 Å². The molecule has 1 aliphatic rings. The van der Waals surface area contributed by atoms with Crippen molar-refractivity contribution in [1.29, 1.82) is 0 Å². The minimum atomic E-state index is -0.0902. The number of ketones is 1. The Bertz CT molecular complexity index is 1120. The number of benzene rings is 2. The third-order valence-corrected chi connectivity index (χ3v) is 6.62. The molecule has 4 nitrogen and oxygen atoms in total. The van der Waals surface area contributed by atoms with E-state index in [1.807, 2.05) is 42.7 Å². The lowest BCUT2D eigenvalue weighted by atomic mass is 9.96. The van der Waals surface area contributed by atoms with Crippen LogP contribution in [0.3, 0.4) is 0 Å². The number of aromatic nitrogens is 1. The van der Waals surface area contributed by atoms with E-state index in [9.17, 15) is 4.79 Å². The smallest absolute Gasteiger partial charge is 0.183 e. The standard InChI is InChI=1S/C24H22BrClNO3/c1-29-22-11-17-10-18(24(28)19(17)12-23(22)30-2)9-15-7-8-27(14-20(15)25)13-16-5-3-4-6-21(16)26/h3-8,11-12,14,18H,9-10,13H2,1-2H3/q+1.